The lowest BCUT2D eigenvalue weighted by Crippen LogP contribution is -2.24. The molecule has 0 aliphatic carbocycles. The van der Waals surface area contributed by atoms with Crippen LogP contribution < -0.4 is 0 Å². The second kappa shape index (κ2) is 5.25. The van der Waals surface area contributed by atoms with Crippen molar-refractivity contribution in [1.29, 1.82) is 0 Å². The molecule has 0 saturated heterocycles. The lowest BCUT2D eigenvalue weighted by molar-refractivity contribution is 0.0574. The van der Waals surface area contributed by atoms with Crippen molar-refractivity contribution in [3.05, 3.63) is 69.7 Å². The molecule has 1 atom stereocenters. The van der Waals surface area contributed by atoms with Gasteiger partial charge in [-0.25, -0.2) is 0 Å². The molecule has 0 radical (unpaired) electrons. The maximum atomic E-state index is 10.7. The first-order valence-corrected chi connectivity index (χ1v) is 6.81. The van der Waals surface area contributed by atoms with E-state index in [9.17, 15) is 5.11 Å². The molecule has 0 fully saturated rings. The summed E-state index contributed by atoms with van der Waals surface area (Å²) in [6, 6.07) is 16.1. The van der Waals surface area contributed by atoms with Gasteiger partial charge in [0.2, 0.25) is 0 Å². The Labute approximate surface area is 117 Å². The van der Waals surface area contributed by atoms with Crippen molar-refractivity contribution in [3.8, 4) is 0 Å². The van der Waals surface area contributed by atoms with Crippen LogP contribution in [0.25, 0.3) is 0 Å². The van der Waals surface area contributed by atoms with Crippen LogP contribution in [0.3, 0.4) is 0 Å². The fraction of sp³-hybridized carbons (Fsp3) is 0.250. The van der Waals surface area contributed by atoms with Crippen LogP contribution in [0.2, 0.25) is 0 Å². The van der Waals surface area contributed by atoms with Crippen molar-refractivity contribution in [2.24, 2.45) is 0 Å². The third-order valence-electron chi connectivity index (χ3n) is 3.13. The molecule has 0 aliphatic rings. The first-order valence-electron chi connectivity index (χ1n) is 6.02. The van der Waals surface area contributed by atoms with Gasteiger partial charge in [-0.05, 0) is 31.0 Å². The smallest absolute Gasteiger partial charge is 0.0909 e. The first kappa shape index (κ1) is 13.3. The molecule has 0 aliphatic heterocycles. The summed E-state index contributed by atoms with van der Waals surface area (Å²) >= 11 is 3.52. The van der Waals surface area contributed by atoms with E-state index in [0.29, 0.717) is 6.42 Å². The number of halogens is 1. The van der Waals surface area contributed by atoms with Crippen LogP contribution in [0.15, 0.2) is 53.0 Å². The molecule has 1 unspecified atom stereocenters. The molecule has 2 rings (SSSR count). The molecule has 0 aromatic heterocycles. The summed E-state index contributed by atoms with van der Waals surface area (Å²) in [6.07, 6.45) is 0.595. The van der Waals surface area contributed by atoms with Gasteiger partial charge in [-0.2, -0.15) is 0 Å². The van der Waals surface area contributed by atoms with Crippen LogP contribution in [-0.4, -0.2) is 5.11 Å². The summed E-state index contributed by atoms with van der Waals surface area (Å²) in [4.78, 5) is 0. The van der Waals surface area contributed by atoms with E-state index < -0.39 is 5.60 Å². The van der Waals surface area contributed by atoms with Crippen LogP contribution in [0.4, 0.5) is 0 Å². The lowest BCUT2D eigenvalue weighted by Gasteiger charge is -2.25. The maximum Gasteiger partial charge on any atom is 0.0909 e. The Balaban J connectivity index is 2.30. The number of hydrogen-bond acceptors (Lipinski definition) is 1. The molecule has 1 nitrogen and oxygen atoms in total. The molecule has 0 amide bonds. The number of hydrogen-bond donors (Lipinski definition) is 1. The normalized spacial score (nSPS) is 14.2. The van der Waals surface area contributed by atoms with Gasteiger partial charge >= 0.3 is 0 Å². The highest BCUT2D eigenvalue weighted by atomic mass is 79.9. The highest BCUT2D eigenvalue weighted by Crippen LogP contribution is 2.29. The zero-order valence-electron chi connectivity index (χ0n) is 10.7. The molecule has 0 spiro atoms. The second-order valence-corrected chi connectivity index (χ2v) is 5.77. The van der Waals surface area contributed by atoms with Crippen molar-refractivity contribution in [2.75, 3.05) is 0 Å². The van der Waals surface area contributed by atoms with Gasteiger partial charge in [-0.1, -0.05) is 64.0 Å². The summed E-state index contributed by atoms with van der Waals surface area (Å²) in [7, 11) is 0. The van der Waals surface area contributed by atoms with Crippen molar-refractivity contribution < 1.29 is 5.11 Å². The molecule has 0 bridgehead atoms. The number of aryl methyl sites for hydroxylation is 1. The van der Waals surface area contributed by atoms with Crippen molar-refractivity contribution >= 4 is 15.9 Å². The second-order valence-electron chi connectivity index (χ2n) is 4.91. The molecular formula is C16H17BrO. The fourth-order valence-electron chi connectivity index (χ4n) is 2.09. The topological polar surface area (TPSA) is 20.2 Å². The van der Waals surface area contributed by atoms with Crippen LogP contribution in [-0.2, 0) is 12.0 Å². The van der Waals surface area contributed by atoms with Crippen LogP contribution in [0.1, 0.15) is 23.6 Å². The van der Waals surface area contributed by atoms with Gasteiger partial charge in [0.25, 0.3) is 0 Å². The van der Waals surface area contributed by atoms with Gasteiger partial charge < -0.3 is 5.11 Å². The van der Waals surface area contributed by atoms with Crippen molar-refractivity contribution in [1.82, 2.24) is 0 Å². The molecule has 2 aromatic carbocycles. The zero-order valence-corrected chi connectivity index (χ0v) is 12.2. The minimum Gasteiger partial charge on any atom is -0.385 e. The van der Waals surface area contributed by atoms with Crippen LogP contribution in [0.5, 0.6) is 0 Å². The Kier molecular flexibility index (Phi) is 3.88. The van der Waals surface area contributed by atoms with E-state index in [1.807, 2.05) is 62.4 Å². The number of aliphatic hydroxyl groups is 1. The van der Waals surface area contributed by atoms with E-state index in [1.165, 1.54) is 5.56 Å². The Hall–Kier alpha value is -1.12. The largest absolute Gasteiger partial charge is 0.385 e. The molecule has 0 heterocycles. The van der Waals surface area contributed by atoms with Crippen LogP contribution >= 0.6 is 15.9 Å². The van der Waals surface area contributed by atoms with E-state index >= 15 is 0 Å². The summed E-state index contributed by atoms with van der Waals surface area (Å²) in [6.45, 7) is 3.90. The number of rotatable bonds is 3. The zero-order chi connectivity index (χ0) is 13.2. The Bertz CT molecular complexity index is 546. The molecule has 18 heavy (non-hydrogen) atoms. The van der Waals surface area contributed by atoms with Gasteiger partial charge in [0.1, 0.15) is 0 Å². The van der Waals surface area contributed by atoms with Crippen LogP contribution in [0, 0.1) is 6.92 Å². The minimum absolute atomic E-state index is 0.595. The van der Waals surface area contributed by atoms with Gasteiger partial charge in [0.15, 0.2) is 0 Å². The van der Waals surface area contributed by atoms with Gasteiger partial charge in [-0.3, -0.25) is 0 Å². The Morgan fingerprint density at radius 1 is 1.11 bits per heavy atom. The maximum absolute atomic E-state index is 10.7. The highest BCUT2D eigenvalue weighted by molar-refractivity contribution is 9.10. The van der Waals surface area contributed by atoms with Crippen molar-refractivity contribution in [3.63, 3.8) is 0 Å². The average Bonchev–Trinajstić information content (AvgIpc) is 2.32. The molecular weight excluding hydrogens is 288 g/mol. The Morgan fingerprint density at radius 2 is 1.83 bits per heavy atom. The minimum atomic E-state index is -0.851. The predicted molar refractivity (Wildman–Crippen MR) is 78.6 cm³/mol. The molecule has 1 N–H and O–H groups in total. The molecule has 2 aromatic rings. The van der Waals surface area contributed by atoms with E-state index in [0.717, 1.165) is 15.6 Å². The molecule has 94 valence electrons. The van der Waals surface area contributed by atoms with E-state index in [4.69, 9.17) is 0 Å². The summed E-state index contributed by atoms with van der Waals surface area (Å²) in [5, 5.41) is 10.7. The third kappa shape index (κ3) is 3.01. The average molecular weight is 305 g/mol. The lowest BCUT2D eigenvalue weighted by atomic mass is 9.88. The summed E-state index contributed by atoms with van der Waals surface area (Å²) in [5.41, 5.74) is 2.39. The van der Waals surface area contributed by atoms with Gasteiger partial charge in [0.05, 0.1) is 5.60 Å². The van der Waals surface area contributed by atoms with E-state index in [2.05, 4.69) is 15.9 Å². The number of benzene rings is 2. The third-order valence-corrected chi connectivity index (χ3v) is 3.91. The predicted octanol–water partition coefficient (Wildman–Crippen LogP) is 4.21. The quantitative estimate of drug-likeness (QED) is 0.900. The molecule has 0 saturated carbocycles. The van der Waals surface area contributed by atoms with Gasteiger partial charge in [0, 0.05) is 10.9 Å². The summed E-state index contributed by atoms with van der Waals surface area (Å²) < 4.78 is 1.04. The van der Waals surface area contributed by atoms with E-state index in [1.54, 1.807) is 0 Å². The summed E-state index contributed by atoms with van der Waals surface area (Å²) in [5.74, 6) is 0. The fourth-order valence-corrected chi connectivity index (χ4v) is 2.52. The van der Waals surface area contributed by atoms with Gasteiger partial charge in [-0.15, -0.1) is 0 Å². The Morgan fingerprint density at radius 3 is 2.50 bits per heavy atom. The first-order chi connectivity index (χ1) is 8.49. The standard InChI is InChI=1S/C16H17BrO/c1-12-6-5-8-14(10-12)16(2,18)11-13-7-3-4-9-15(13)17/h3-10,18H,11H2,1-2H3. The van der Waals surface area contributed by atoms with Crippen molar-refractivity contribution in [2.45, 2.75) is 25.9 Å². The monoisotopic (exact) mass is 304 g/mol. The SMILES string of the molecule is Cc1cccc(C(C)(O)Cc2ccccc2Br)c1. The molecule has 2 heteroatoms. The highest BCUT2D eigenvalue weighted by Gasteiger charge is 2.24. The van der Waals surface area contributed by atoms with E-state index in [-0.39, 0.29) is 0 Å².